The summed E-state index contributed by atoms with van der Waals surface area (Å²) < 4.78 is 16.9. The number of nitrogens with zero attached hydrogens (tertiary/aromatic N) is 2. The van der Waals surface area contributed by atoms with E-state index in [1.807, 2.05) is 44.6 Å². The summed E-state index contributed by atoms with van der Waals surface area (Å²) in [7, 11) is 1.90. The zero-order chi connectivity index (χ0) is 19.1. The van der Waals surface area contributed by atoms with Crippen molar-refractivity contribution in [3.63, 3.8) is 0 Å². The number of rotatable bonds is 4. The van der Waals surface area contributed by atoms with Crippen LogP contribution in [-0.2, 0) is 7.05 Å². The van der Waals surface area contributed by atoms with Gasteiger partial charge in [0.15, 0.2) is 0 Å². The number of hydrogen-bond donors (Lipinski definition) is 1. The Morgan fingerprint density at radius 3 is 2.73 bits per heavy atom. The van der Waals surface area contributed by atoms with Crippen molar-refractivity contribution in [2.75, 3.05) is 0 Å². The van der Waals surface area contributed by atoms with E-state index < -0.39 is 5.54 Å². The van der Waals surface area contributed by atoms with Crippen LogP contribution in [0.3, 0.4) is 0 Å². The molecule has 3 rings (SSSR count). The minimum absolute atomic E-state index is 0.201. The molecule has 0 spiro atoms. The third-order valence-corrected chi connectivity index (χ3v) is 5.55. The number of benzene rings is 1. The summed E-state index contributed by atoms with van der Waals surface area (Å²) in [4.78, 5) is 17.2. The smallest absolute Gasteiger partial charge is 0.253 e. The van der Waals surface area contributed by atoms with E-state index >= 15 is 0 Å². The Hall–Kier alpha value is -2.21. The Kier molecular flexibility index (Phi) is 4.88. The summed E-state index contributed by atoms with van der Waals surface area (Å²) in [6, 6.07) is 8.47. The summed E-state index contributed by atoms with van der Waals surface area (Å²) in [6.07, 6.45) is 3.47. The summed E-state index contributed by atoms with van der Waals surface area (Å²) in [5, 5.41) is 3.90. The van der Waals surface area contributed by atoms with Crippen LogP contribution >= 0.6 is 15.9 Å². The highest BCUT2D eigenvalue weighted by molar-refractivity contribution is 9.10. The molecule has 1 N–H and O–H groups in total. The molecule has 0 aliphatic carbocycles. The molecule has 26 heavy (non-hydrogen) atoms. The molecule has 0 aliphatic heterocycles. The third kappa shape index (κ3) is 3.38. The molecule has 1 aromatic carbocycles. The summed E-state index contributed by atoms with van der Waals surface area (Å²) >= 11 is 3.49. The number of carbonyl (C=O) groups is 1. The van der Waals surface area contributed by atoms with Crippen LogP contribution in [0.5, 0.6) is 0 Å². The Bertz CT molecular complexity index is 980. The first kappa shape index (κ1) is 18.6. The van der Waals surface area contributed by atoms with E-state index in [2.05, 4.69) is 26.2 Å². The van der Waals surface area contributed by atoms with Gasteiger partial charge in [0.25, 0.3) is 5.91 Å². The molecule has 0 bridgehead atoms. The number of hydrogen-bond acceptors (Lipinski definition) is 2. The van der Waals surface area contributed by atoms with Crippen molar-refractivity contribution in [3.05, 3.63) is 64.1 Å². The van der Waals surface area contributed by atoms with Crippen LogP contribution in [0.15, 0.2) is 47.2 Å². The molecular weight excluding hydrogens is 397 g/mol. The predicted molar refractivity (Wildman–Crippen MR) is 105 cm³/mol. The fourth-order valence-electron chi connectivity index (χ4n) is 3.03. The lowest BCUT2D eigenvalue weighted by Gasteiger charge is -2.33. The van der Waals surface area contributed by atoms with Crippen LogP contribution in [0.4, 0.5) is 4.39 Å². The molecule has 0 aliphatic rings. The minimum atomic E-state index is -0.637. The maximum Gasteiger partial charge on any atom is 0.253 e. The van der Waals surface area contributed by atoms with Gasteiger partial charge in [0.05, 0.1) is 5.56 Å². The van der Waals surface area contributed by atoms with Crippen molar-refractivity contribution >= 4 is 32.9 Å². The molecule has 0 radical (unpaired) electrons. The average Bonchev–Trinajstić information content (AvgIpc) is 2.88. The van der Waals surface area contributed by atoms with Crippen molar-refractivity contribution in [2.45, 2.75) is 32.2 Å². The number of amides is 1. The lowest BCUT2D eigenvalue weighted by molar-refractivity contribution is 0.0902. The number of pyridine rings is 1. The highest BCUT2D eigenvalue weighted by atomic mass is 79.9. The van der Waals surface area contributed by atoms with Gasteiger partial charge in [0.1, 0.15) is 11.5 Å². The van der Waals surface area contributed by atoms with Gasteiger partial charge in [0.2, 0.25) is 0 Å². The molecule has 6 heteroatoms. The van der Waals surface area contributed by atoms with Gasteiger partial charge < -0.3 is 9.88 Å². The van der Waals surface area contributed by atoms with Gasteiger partial charge in [-0.3, -0.25) is 4.79 Å². The average molecular weight is 418 g/mol. The summed E-state index contributed by atoms with van der Waals surface area (Å²) in [5.41, 5.74) is 1.21. The van der Waals surface area contributed by atoms with Gasteiger partial charge in [-0.05, 0) is 47.5 Å². The van der Waals surface area contributed by atoms with Gasteiger partial charge in [-0.25, -0.2) is 9.37 Å². The van der Waals surface area contributed by atoms with Crippen LogP contribution < -0.4 is 5.32 Å². The minimum Gasteiger partial charge on any atom is -0.347 e. The molecule has 136 valence electrons. The van der Waals surface area contributed by atoms with Gasteiger partial charge in [-0.1, -0.05) is 25.1 Å². The van der Waals surface area contributed by atoms with E-state index in [0.29, 0.717) is 11.1 Å². The van der Waals surface area contributed by atoms with Gasteiger partial charge in [-0.15, -0.1) is 0 Å². The molecule has 0 saturated heterocycles. The fourth-order valence-corrected chi connectivity index (χ4v) is 3.63. The molecule has 1 atom stereocenters. The highest BCUT2D eigenvalue weighted by Crippen LogP contribution is 2.30. The lowest BCUT2D eigenvalue weighted by Crippen LogP contribution is -2.47. The Morgan fingerprint density at radius 1 is 1.35 bits per heavy atom. The van der Waals surface area contributed by atoms with Crippen molar-refractivity contribution in [1.29, 1.82) is 0 Å². The number of aromatic nitrogens is 2. The van der Waals surface area contributed by atoms with E-state index in [0.717, 1.165) is 15.5 Å². The topological polar surface area (TPSA) is 46.9 Å². The molecule has 2 heterocycles. The number of aryl methyl sites for hydroxylation is 1. The molecule has 2 aromatic heterocycles. The van der Waals surface area contributed by atoms with Crippen molar-refractivity contribution in [2.24, 2.45) is 7.05 Å². The van der Waals surface area contributed by atoms with Gasteiger partial charge in [0, 0.05) is 40.8 Å². The first-order chi connectivity index (χ1) is 12.2. The van der Waals surface area contributed by atoms with E-state index in [1.165, 1.54) is 6.07 Å². The maximum absolute atomic E-state index is 14.1. The lowest BCUT2D eigenvalue weighted by atomic mass is 9.83. The molecule has 4 nitrogen and oxygen atoms in total. The van der Waals surface area contributed by atoms with Gasteiger partial charge in [-0.2, -0.15) is 0 Å². The second-order valence-electron chi connectivity index (χ2n) is 7.10. The molecular formula is C20H21BrFN3O. The maximum atomic E-state index is 14.1. The van der Waals surface area contributed by atoms with E-state index in [9.17, 15) is 9.18 Å². The quantitative estimate of drug-likeness (QED) is 0.663. The molecule has 0 fully saturated rings. The number of halogens is 2. The van der Waals surface area contributed by atoms with Crippen LogP contribution in [-0.4, -0.2) is 21.0 Å². The SMILES string of the molecule is CC(c1ccccc1F)C(C)(C)NC(=O)c1cnc2c(c1)c(Br)cn2C. The Labute approximate surface area is 160 Å². The molecule has 0 saturated carbocycles. The molecule has 3 aromatic rings. The zero-order valence-corrected chi connectivity index (χ0v) is 16.8. The second kappa shape index (κ2) is 6.83. The first-order valence-corrected chi connectivity index (χ1v) is 9.17. The van der Waals surface area contributed by atoms with Gasteiger partial charge >= 0.3 is 0 Å². The summed E-state index contributed by atoms with van der Waals surface area (Å²) in [5.74, 6) is -0.699. The Balaban J connectivity index is 1.86. The number of carbonyl (C=O) groups excluding carboxylic acids is 1. The van der Waals surface area contributed by atoms with Crippen LogP contribution in [0, 0.1) is 5.82 Å². The third-order valence-electron chi connectivity index (χ3n) is 4.92. The molecule has 1 unspecified atom stereocenters. The first-order valence-electron chi connectivity index (χ1n) is 8.38. The fraction of sp³-hybridized carbons (Fsp3) is 0.300. The molecule has 1 amide bonds. The van der Waals surface area contributed by atoms with Crippen LogP contribution in [0.2, 0.25) is 0 Å². The second-order valence-corrected chi connectivity index (χ2v) is 7.96. The monoisotopic (exact) mass is 417 g/mol. The van der Waals surface area contributed by atoms with Crippen molar-refractivity contribution in [1.82, 2.24) is 14.9 Å². The Morgan fingerprint density at radius 2 is 2.04 bits per heavy atom. The predicted octanol–water partition coefficient (Wildman–Crippen LogP) is 4.79. The van der Waals surface area contributed by atoms with E-state index in [1.54, 1.807) is 24.4 Å². The standard InChI is InChI=1S/C20H21BrFN3O/c1-12(14-7-5-6-8-17(14)22)20(2,3)24-19(26)13-9-15-16(21)11-25(4)18(15)23-10-13/h5-12H,1-4H3,(H,24,26). The van der Waals surface area contributed by atoms with Crippen LogP contribution in [0.25, 0.3) is 11.0 Å². The van der Waals surface area contributed by atoms with Crippen LogP contribution in [0.1, 0.15) is 42.6 Å². The number of nitrogens with one attached hydrogen (secondary N) is 1. The van der Waals surface area contributed by atoms with Crippen molar-refractivity contribution in [3.8, 4) is 0 Å². The zero-order valence-electron chi connectivity index (χ0n) is 15.2. The largest absolute Gasteiger partial charge is 0.347 e. The highest BCUT2D eigenvalue weighted by Gasteiger charge is 2.31. The summed E-state index contributed by atoms with van der Waals surface area (Å²) in [6.45, 7) is 5.70. The normalized spacial score (nSPS) is 13.0. The number of fused-ring (bicyclic) bond motifs is 1. The van der Waals surface area contributed by atoms with Crippen molar-refractivity contribution < 1.29 is 9.18 Å². The van der Waals surface area contributed by atoms with E-state index in [-0.39, 0.29) is 17.6 Å². The van der Waals surface area contributed by atoms with E-state index in [4.69, 9.17) is 0 Å².